The predicted octanol–water partition coefficient (Wildman–Crippen LogP) is 1.11. The van der Waals surface area contributed by atoms with Crippen molar-refractivity contribution in [3.8, 4) is 0 Å². The van der Waals surface area contributed by atoms with Gasteiger partial charge in [-0.25, -0.2) is 12.8 Å². The SMILES string of the molecule is CCS(=O)(=O)c1ccc(F)cc1CO. The van der Waals surface area contributed by atoms with Gasteiger partial charge in [0.05, 0.1) is 17.3 Å². The number of hydrogen-bond donors (Lipinski definition) is 1. The Hall–Kier alpha value is -0.940. The average molecular weight is 218 g/mol. The second-order valence-corrected chi connectivity index (χ2v) is 5.06. The molecule has 0 radical (unpaired) electrons. The third kappa shape index (κ3) is 2.10. The quantitative estimate of drug-likeness (QED) is 0.773. The summed E-state index contributed by atoms with van der Waals surface area (Å²) in [6.45, 7) is 1.02. The van der Waals surface area contributed by atoms with E-state index in [1.54, 1.807) is 0 Å². The fourth-order valence-corrected chi connectivity index (χ4v) is 2.24. The standard InChI is InChI=1S/C9H11FO3S/c1-2-14(12,13)9-4-3-8(10)5-7(9)6-11/h3-5,11H,2,6H2,1H3. The number of aliphatic hydroxyl groups excluding tert-OH is 1. The first-order valence-corrected chi connectivity index (χ1v) is 5.78. The molecule has 0 aliphatic carbocycles. The molecule has 14 heavy (non-hydrogen) atoms. The molecular weight excluding hydrogens is 207 g/mol. The van der Waals surface area contributed by atoms with E-state index in [-0.39, 0.29) is 16.2 Å². The molecule has 0 bridgehead atoms. The number of aliphatic hydroxyl groups is 1. The molecule has 0 amide bonds. The number of benzene rings is 1. The zero-order chi connectivity index (χ0) is 10.8. The van der Waals surface area contributed by atoms with Crippen molar-refractivity contribution in [2.24, 2.45) is 0 Å². The Morgan fingerprint density at radius 2 is 2.07 bits per heavy atom. The van der Waals surface area contributed by atoms with Crippen LogP contribution < -0.4 is 0 Å². The molecule has 3 nitrogen and oxygen atoms in total. The summed E-state index contributed by atoms with van der Waals surface area (Å²) < 4.78 is 35.6. The second-order valence-electron chi connectivity index (χ2n) is 2.81. The van der Waals surface area contributed by atoms with Crippen LogP contribution in [0.2, 0.25) is 0 Å². The molecule has 1 aromatic rings. The molecule has 0 aromatic heterocycles. The van der Waals surface area contributed by atoms with Crippen molar-refractivity contribution in [3.05, 3.63) is 29.6 Å². The molecule has 0 aliphatic rings. The first-order chi connectivity index (χ1) is 6.51. The Morgan fingerprint density at radius 3 is 2.57 bits per heavy atom. The Balaban J connectivity index is 3.35. The van der Waals surface area contributed by atoms with Crippen molar-refractivity contribution in [1.29, 1.82) is 0 Å². The average Bonchev–Trinajstić information content (AvgIpc) is 2.17. The van der Waals surface area contributed by atoms with Crippen LogP contribution in [0.5, 0.6) is 0 Å². The Morgan fingerprint density at radius 1 is 1.43 bits per heavy atom. The summed E-state index contributed by atoms with van der Waals surface area (Å²) in [6, 6.07) is 3.28. The van der Waals surface area contributed by atoms with Gasteiger partial charge in [-0.2, -0.15) is 0 Å². The number of halogens is 1. The maximum absolute atomic E-state index is 12.7. The molecule has 78 valence electrons. The Bertz CT molecular complexity index is 426. The fourth-order valence-electron chi connectivity index (χ4n) is 1.13. The van der Waals surface area contributed by atoms with Crippen molar-refractivity contribution in [2.75, 3.05) is 5.75 Å². The monoisotopic (exact) mass is 218 g/mol. The van der Waals surface area contributed by atoms with Crippen molar-refractivity contribution < 1.29 is 17.9 Å². The van der Waals surface area contributed by atoms with Gasteiger partial charge in [-0.3, -0.25) is 0 Å². The van der Waals surface area contributed by atoms with Crippen LogP contribution in [0.1, 0.15) is 12.5 Å². The normalized spacial score (nSPS) is 11.6. The van der Waals surface area contributed by atoms with Crippen LogP contribution in [0.3, 0.4) is 0 Å². The molecule has 0 fully saturated rings. The van der Waals surface area contributed by atoms with E-state index in [9.17, 15) is 12.8 Å². The van der Waals surface area contributed by atoms with E-state index in [2.05, 4.69) is 0 Å². The van der Waals surface area contributed by atoms with Gasteiger partial charge in [0.1, 0.15) is 5.82 Å². The molecule has 0 saturated heterocycles. The van der Waals surface area contributed by atoms with Crippen LogP contribution in [0.4, 0.5) is 4.39 Å². The van der Waals surface area contributed by atoms with E-state index in [0.29, 0.717) is 0 Å². The zero-order valence-electron chi connectivity index (χ0n) is 7.70. The van der Waals surface area contributed by atoms with E-state index in [1.807, 2.05) is 0 Å². The van der Waals surface area contributed by atoms with Crippen LogP contribution in [-0.4, -0.2) is 19.3 Å². The number of sulfone groups is 1. The molecular formula is C9H11FO3S. The molecule has 0 atom stereocenters. The molecule has 0 saturated carbocycles. The first-order valence-electron chi connectivity index (χ1n) is 4.13. The van der Waals surface area contributed by atoms with Gasteiger partial charge in [0.25, 0.3) is 0 Å². The summed E-state index contributed by atoms with van der Waals surface area (Å²) in [5.74, 6) is -0.616. The van der Waals surface area contributed by atoms with E-state index in [0.717, 1.165) is 12.1 Å². The van der Waals surface area contributed by atoms with Crippen LogP contribution in [0.25, 0.3) is 0 Å². The van der Waals surface area contributed by atoms with E-state index < -0.39 is 22.3 Å². The van der Waals surface area contributed by atoms with Crippen LogP contribution in [0, 0.1) is 5.82 Å². The van der Waals surface area contributed by atoms with Gasteiger partial charge in [-0.05, 0) is 23.8 Å². The highest BCUT2D eigenvalue weighted by molar-refractivity contribution is 7.91. The highest BCUT2D eigenvalue weighted by atomic mass is 32.2. The lowest BCUT2D eigenvalue weighted by Crippen LogP contribution is -2.07. The molecule has 1 N–H and O–H groups in total. The lowest BCUT2D eigenvalue weighted by molar-refractivity contribution is 0.278. The van der Waals surface area contributed by atoms with Crippen molar-refractivity contribution >= 4 is 9.84 Å². The molecule has 1 aromatic carbocycles. The predicted molar refractivity (Wildman–Crippen MR) is 50.0 cm³/mol. The van der Waals surface area contributed by atoms with E-state index >= 15 is 0 Å². The fraction of sp³-hybridized carbons (Fsp3) is 0.333. The minimum absolute atomic E-state index is 0.00361. The molecule has 0 unspecified atom stereocenters. The van der Waals surface area contributed by atoms with Crippen LogP contribution in [-0.2, 0) is 16.4 Å². The van der Waals surface area contributed by atoms with Gasteiger partial charge in [-0.15, -0.1) is 0 Å². The lowest BCUT2D eigenvalue weighted by Gasteiger charge is -2.06. The Labute approximate surface area is 82.1 Å². The summed E-state index contributed by atoms with van der Waals surface area (Å²) in [5, 5.41) is 8.87. The Kier molecular flexibility index (Phi) is 3.23. The van der Waals surface area contributed by atoms with Crippen LogP contribution >= 0.6 is 0 Å². The lowest BCUT2D eigenvalue weighted by atomic mass is 10.2. The summed E-state index contributed by atoms with van der Waals surface area (Å²) in [6.07, 6.45) is 0. The second kappa shape index (κ2) is 4.06. The van der Waals surface area contributed by atoms with Gasteiger partial charge < -0.3 is 5.11 Å². The topological polar surface area (TPSA) is 54.4 Å². The van der Waals surface area contributed by atoms with Crippen LogP contribution in [0.15, 0.2) is 23.1 Å². The van der Waals surface area contributed by atoms with Crippen molar-refractivity contribution in [2.45, 2.75) is 18.4 Å². The highest BCUT2D eigenvalue weighted by Crippen LogP contribution is 2.18. The smallest absolute Gasteiger partial charge is 0.178 e. The maximum atomic E-state index is 12.7. The molecule has 0 heterocycles. The largest absolute Gasteiger partial charge is 0.392 e. The summed E-state index contributed by atoms with van der Waals surface area (Å²) in [7, 11) is -3.38. The van der Waals surface area contributed by atoms with Gasteiger partial charge in [0, 0.05) is 0 Å². The molecule has 0 spiro atoms. The zero-order valence-corrected chi connectivity index (χ0v) is 8.51. The summed E-state index contributed by atoms with van der Waals surface area (Å²) in [5.41, 5.74) is 0.104. The minimum Gasteiger partial charge on any atom is -0.392 e. The van der Waals surface area contributed by atoms with E-state index in [1.165, 1.54) is 13.0 Å². The summed E-state index contributed by atoms with van der Waals surface area (Å²) >= 11 is 0. The molecule has 5 heteroatoms. The van der Waals surface area contributed by atoms with Crippen molar-refractivity contribution in [1.82, 2.24) is 0 Å². The molecule has 0 aliphatic heterocycles. The number of rotatable bonds is 3. The highest BCUT2D eigenvalue weighted by Gasteiger charge is 2.16. The molecule has 1 rings (SSSR count). The van der Waals surface area contributed by atoms with E-state index in [4.69, 9.17) is 5.11 Å². The summed E-state index contributed by atoms with van der Waals surface area (Å²) in [4.78, 5) is 0.00361. The third-order valence-electron chi connectivity index (χ3n) is 1.91. The van der Waals surface area contributed by atoms with Gasteiger partial charge in [-0.1, -0.05) is 6.92 Å². The third-order valence-corrected chi connectivity index (χ3v) is 3.74. The maximum Gasteiger partial charge on any atom is 0.178 e. The first kappa shape index (κ1) is 11.1. The van der Waals surface area contributed by atoms with Gasteiger partial charge >= 0.3 is 0 Å². The van der Waals surface area contributed by atoms with Gasteiger partial charge in [0.15, 0.2) is 9.84 Å². The number of hydrogen-bond acceptors (Lipinski definition) is 3. The van der Waals surface area contributed by atoms with Crippen molar-refractivity contribution in [3.63, 3.8) is 0 Å². The minimum atomic E-state index is -3.38. The van der Waals surface area contributed by atoms with Gasteiger partial charge in [0.2, 0.25) is 0 Å².